The van der Waals surface area contributed by atoms with Gasteiger partial charge in [0.2, 0.25) is 0 Å². The molecule has 4 rings (SSSR count). The zero-order valence-corrected chi connectivity index (χ0v) is 27.4. The van der Waals surface area contributed by atoms with Gasteiger partial charge in [-0.2, -0.15) is 0 Å². The van der Waals surface area contributed by atoms with Crippen LogP contribution in [0.4, 0.5) is 5.69 Å². The molecule has 1 aliphatic rings. The first-order valence-electron chi connectivity index (χ1n) is 15.6. The van der Waals surface area contributed by atoms with Gasteiger partial charge in [0.25, 0.3) is 15.9 Å². The van der Waals surface area contributed by atoms with E-state index in [1.165, 1.54) is 18.2 Å². The van der Waals surface area contributed by atoms with Crippen molar-refractivity contribution in [2.24, 2.45) is 5.92 Å². The minimum absolute atomic E-state index is 0.0751. The molecule has 0 unspecified atom stereocenters. The fourth-order valence-corrected chi connectivity index (χ4v) is 6.50. The lowest BCUT2D eigenvalue weighted by Crippen LogP contribution is -2.47. The van der Waals surface area contributed by atoms with Crippen LogP contribution in [-0.4, -0.2) is 85.8 Å². The van der Waals surface area contributed by atoms with Crippen LogP contribution in [0.25, 0.3) is 0 Å². The summed E-state index contributed by atoms with van der Waals surface area (Å²) in [6, 6.07) is 16.3. The molecule has 0 radical (unpaired) electrons. The van der Waals surface area contributed by atoms with Crippen molar-refractivity contribution in [3.8, 4) is 5.75 Å². The minimum Gasteiger partial charge on any atom is -0.490 e. The summed E-state index contributed by atoms with van der Waals surface area (Å²) in [6.07, 6.45) is 5.73. The second-order valence-electron chi connectivity index (χ2n) is 12.0. The first kappa shape index (κ1) is 34.4. The van der Waals surface area contributed by atoms with Crippen molar-refractivity contribution in [3.05, 3.63) is 84.2 Å². The molecule has 4 atom stereocenters. The van der Waals surface area contributed by atoms with E-state index in [9.17, 15) is 18.3 Å². The van der Waals surface area contributed by atoms with Gasteiger partial charge in [-0.15, -0.1) is 0 Å². The van der Waals surface area contributed by atoms with Crippen molar-refractivity contribution < 1.29 is 27.8 Å². The fourth-order valence-electron chi connectivity index (χ4n) is 5.43. The van der Waals surface area contributed by atoms with Gasteiger partial charge >= 0.3 is 0 Å². The third kappa shape index (κ3) is 9.74. The number of likely N-dealkylation sites (N-methyl/N-ethyl adjacent to an activating group) is 1. The molecule has 2 heterocycles. The fraction of sp³-hybridized carbons (Fsp3) is 0.471. The molecule has 0 fully saturated rings. The number of hydrogen-bond donors (Lipinski definition) is 2. The van der Waals surface area contributed by atoms with Crippen LogP contribution in [-0.2, 0) is 21.3 Å². The third-order valence-corrected chi connectivity index (χ3v) is 9.45. The van der Waals surface area contributed by atoms with E-state index in [1.807, 2.05) is 26.1 Å². The summed E-state index contributed by atoms with van der Waals surface area (Å²) in [5.74, 6) is -0.0546. The van der Waals surface area contributed by atoms with Crippen LogP contribution in [0.1, 0.15) is 56.0 Å². The summed E-state index contributed by atoms with van der Waals surface area (Å²) >= 11 is 0. The Labute approximate surface area is 267 Å². The first-order chi connectivity index (χ1) is 21.6. The smallest absolute Gasteiger partial charge is 0.261 e. The van der Waals surface area contributed by atoms with Crippen molar-refractivity contribution in [2.45, 2.75) is 69.7 Å². The molecule has 1 aromatic heterocycles. The Morgan fingerprint density at radius 3 is 2.53 bits per heavy atom. The predicted octanol–water partition coefficient (Wildman–Crippen LogP) is 4.81. The lowest BCUT2D eigenvalue weighted by atomic mass is 10.0. The minimum atomic E-state index is -3.88. The number of hydrogen-bond acceptors (Lipinski definition) is 8. The van der Waals surface area contributed by atoms with Crippen molar-refractivity contribution in [1.82, 2.24) is 14.8 Å². The summed E-state index contributed by atoms with van der Waals surface area (Å²) in [7, 11) is -1.83. The van der Waals surface area contributed by atoms with E-state index in [1.54, 1.807) is 54.5 Å². The van der Waals surface area contributed by atoms with E-state index in [4.69, 9.17) is 9.47 Å². The Morgan fingerprint density at radius 2 is 1.82 bits per heavy atom. The highest BCUT2D eigenvalue weighted by Gasteiger charge is 2.30. The number of nitrogens with zero attached hydrogens (tertiary/aromatic N) is 3. The van der Waals surface area contributed by atoms with Gasteiger partial charge in [0.05, 0.1) is 35.3 Å². The Kier molecular flexibility index (Phi) is 12.3. The Morgan fingerprint density at radius 1 is 1.09 bits per heavy atom. The number of carbonyl (C=O) groups excluding carboxylic acids is 1. The molecule has 0 saturated heterocycles. The lowest BCUT2D eigenvalue weighted by Gasteiger charge is -2.36. The van der Waals surface area contributed by atoms with Crippen molar-refractivity contribution in [2.75, 3.05) is 38.1 Å². The molecule has 1 aliphatic heterocycles. The first-order valence-corrected chi connectivity index (χ1v) is 17.0. The van der Waals surface area contributed by atoms with E-state index in [0.717, 1.165) is 31.4 Å². The highest BCUT2D eigenvalue weighted by molar-refractivity contribution is 7.92. The summed E-state index contributed by atoms with van der Waals surface area (Å²) in [5, 5.41) is 10.2. The molecule has 0 saturated carbocycles. The lowest BCUT2D eigenvalue weighted by molar-refractivity contribution is -0.0177. The number of amides is 1. The Bertz CT molecular complexity index is 1470. The van der Waals surface area contributed by atoms with Crippen LogP contribution in [0, 0.1) is 5.92 Å². The highest BCUT2D eigenvalue weighted by Crippen LogP contribution is 2.29. The zero-order valence-electron chi connectivity index (χ0n) is 26.6. The van der Waals surface area contributed by atoms with Gasteiger partial charge in [-0.25, -0.2) is 8.42 Å². The molecule has 2 aromatic carbocycles. The van der Waals surface area contributed by atoms with Crippen LogP contribution in [0.2, 0.25) is 0 Å². The number of aliphatic hydroxyl groups is 1. The Balaban J connectivity index is 1.64. The zero-order chi connectivity index (χ0) is 32.4. The number of pyridine rings is 1. The van der Waals surface area contributed by atoms with Crippen molar-refractivity contribution in [1.29, 1.82) is 0 Å². The van der Waals surface area contributed by atoms with E-state index >= 15 is 0 Å². The number of ether oxygens (including phenoxy) is 2. The molecule has 3 aromatic rings. The number of sulfonamides is 1. The molecule has 2 N–H and O–H groups in total. The largest absolute Gasteiger partial charge is 0.490 e. The molecule has 0 bridgehead atoms. The van der Waals surface area contributed by atoms with Gasteiger partial charge < -0.3 is 19.5 Å². The van der Waals surface area contributed by atoms with E-state index < -0.39 is 16.1 Å². The van der Waals surface area contributed by atoms with Gasteiger partial charge in [-0.3, -0.25) is 19.4 Å². The second kappa shape index (κ2) is 16.2. The van der Waals surface area contributed by atoms with Gasteiger partial charge in [0.15, 0.2) is 0 Å². The van der Waals surface area contributed by atoms with Crippen LogP contribution in [0.5, 0.6) is 5.75 Å². The molecule has 0 spiro atoms. The van der Waals surface area contributed by atoms with Crippen LogP contribution in [0.15, 0.2) is 78.0 Å². The average Bonchev–Trinajstić information content (AvgIpc) is 3.03. The number of aromatic nitrogens is 1. The number of benzene rings is 2. The van der Waals surface area contributed by atoms with E-state index in [0.29, 0.717) is 25.4 Å². The molecule has 10 nitrogen and oxygen atoms in total. The number of anilines is 1. The third-order valence-electron chi connectivity index (χ3n) is 8.05. The Hall–Kier alpha value is -3.51. The van der Waals surface area contributed by atoms with Crippen molar-refractivity contribution in [3.63, 3.8) is 0 Å². The van der Waals surface area contributed by atoms with Crippen LogP contribution in [0.3, 0.4) is 0 Å². The van der Waals surface area contributed by atoms with Crippen molar-refractivity contribution >= 4 is 21.6 Å². The second-order valence-corrected chi connectivity index (χ2v) is 13.7. The van der Waals surface area contributed by atoms with Gasteiger partial charge in [0.1, 0.15) is 5.75 Å². The average molecular weight is 639 g/mol. The maximum atomic E-state index is 14.3. The molecule has 1 amide bonds. The standard InChI is InChI=1S/C34H46N4O6S/c1-25-21-38(26(2)24-39)34(40)31-20-29(36-45(41,42)30-11-6-5-7-12-30)13-14-32(31)44-27(3)10-8-9-19-43-33(25)23-37(4)22-28-15-17-35-18-16-28/h5-7,11-18,20,25-27,33,36,39H,8-10,19,21-24H2,1-4H3/t25-,26-,27-,33+/m1/s1. The molecular formula is C34H46N4O6S. The molecule has 45 heavy (non-hydrogen) atoms. The molecule has 244 valence electrons. The van der Waals surface area contributed by atoms with E-state index in [-0.39, 0.29) is 46.8 Å². The maximum absolute atomic E-state index is 14.3. The summed E-state index contributed by atoms with van der Waals surface area (Å²) in [5.41, 5.74) is 1.62. The molecule has 0 aliphatic carbocycles. The number of fused-ring (bicyclic) bond motifs is 1. The molecule has 11 heteroatoms. The number of aliphatic hydroxyl groups excluding tert-OH is 1. The van der Waals surface area contributed by atoms with Crippen LogP contribution >= 0.6 is 0 Å². The number of rotatable bonds is 9. The summed E-state index contributed by atoms with van der Waals surface area (Å²) in [4.78, 5) is 22.4. The number of nitrogens with one attached hydrogen (secondary N) is 1. The maximum Gasteiger partial charge on any atom is 0.261 e. The molecular weight excluding hydrogens is 592 g/mol. The summed E-state index contributed by atoms with van der Waals surface area (Å²) < 4.78 is 41.5. The van der Waals surface area contributed by atoms with Crippen LogP contribution < -0.4 is 9.46 Å². The van der Waals surface area contributed by atoms with E-state index in [2.05, 4.69) is 21.5 Å². The summed E-state index contributed by atoms with van der Waals surface area (Å²) in [6.45, 7) is 7.88. The highest BCUT2D eigenvalue weighted by atomic mass is 32.2. The quantitative estimate of drug-likeness (QED) is 0.343. The predicted molar refractivity (Wildman–Crippen MR) is 175 cm³/mol. The normalized spacial score (nSPS) is 21.0. The topological polar surface area (TPSA) is 121 Å². The SMILES string of the molecule is C[C@@H]1CCCCO[C@@H](CN(C)Cc2ccncc2)[C@H](C)CN([C@H](C)CO)C(=O)c2cc(NS(=O)(=O)c3ccccc3)ccc2O1. The van der Waals surface area contributed by atoms with Gasteiger partial charge in [0, 0.05) is 50.2 Å². The van der Waals surface area contributed by atoms with Gasteiger partial charge in [-0.1, -0.05) is 25.1 Å². The number of carbonyl (C=O) groups is 1. The van der Waals surface area contributed by atoms with Gasteiger partial charge in [-0.05, 0) is 88.2 Å². The monoisotopic (exact) mass is 638 g/mol.